The molecule has 0 saturated heterocycles. The second kappa shape index (κ2) is 6.50. The minimum Gasteiger partial charge on any atom is -0.430 e. The van der Waals surface area contributed by atoms with E-state index >= 15 is 0 Å². The third kappa shape index (κ3) is 3.66. The van der Waals surface area contributed by atoms with Gasteiger partial charge in [-0.3, -0.25) is 4.79 Å². The first kappa shape index (κ1) is 15.1. The average molecular weight is 378 g/mol. The van der Waals surface area contributed by atoms with Gasteiger partial charge in [0.1, 0.15) is 0 Å². The van der Waals surface area contributed by atoms with Gasteiger partial charge in [0.2, 0.25) is 5.91 Å². The molecule has 1 N–H and O–H groups in total. The maximum Gasteiger partial charge on any atom is 0.258 e. The smallest absolute Gasteiger partial charge is 0.258 e. The molecule has 2 heterocycles. The molecule has 22 heavy (non-hydrogen) atoms. The van der Waals surface area contributed by atoms with Gasteiger partial charge in [-0.2, -0.15) is 4.98 Å². The van der Waals surface area contributed by atoms with Gasteiger partial charge in [0.25, 0.3) is 5.22 Å². The third-order valence-corrected chi connectivity index (χ3v) is 4.18. The summed E-state index contributed by atoms with van der Waals surface area (Å²) in [5.41, 5.74) is 2.83. The largest absolute Gasteiger partial charge is 0.430 e. The highest BCUT2D eigenvalue weighted by Gasteiger charge is 2.10. The van der Waals surface area contributed by atoms with Crippen LogP contribution in [-0.4, -0.2) is 21.6 Å². The van der Waals surface area contributed by atoms with Crippen molar-refractivity contribution < 1.29 is 9.21 Å². The number of hydrogen-bond donors (Lipinski definition) is 1. The molecule has 0 atom stereocenters. The lowest BCUT2D eigenvalue weighted by molar-refractivity contribution is -0.113. The maximum absolute atomic E-state index is 11.9. The van der Waals surface area contributed by atoms with Gasteiger partial charge in [-0.15, -0.1) is 0 Å². The van der Waals surface area contributed by atoms with Gasteiger partial charge < -0.3 is 9.73 Å². The summed E-state index contributed by atoms with van der Waals surface area (Å²) in [6, 6.07) is 11.1. The van der Waals surface area contributed by atoms with Crippen molar-refractivity contribution in [2.75, 3.05) is 11.1 Å². The number of nitrogens with one attached hydrogen (secondary N) is 1. The zero-order chi connectivity index (χ0) is 15.5. The van der Waals surface area contributed by atoms with Crippen LogP contribution in [0.15, 0.2) is 50.5 Å². The van der Waals surface area contributed by atoms with Gasteiger partial charge in [0.15, 0.2) is 11.2 Å². The van der Waals surface area contributed by atoms with Crippen molar-refractivity contribution in [1.29, 1.82) is 0 Å². The summed E-state index contributed by atoms with van der Waals surface area (Å²) in [6.45, 7) is 1.90. The topological polar surface area (TPSA) is 68.0 Å². The van der Waals surface area contributed by atoms with Crippen LogP contribution in [0, 0.1) is 6.92 Å². The molecule has 3 rings (SSSR count). The van der Waals surface area contributed by atoms with E-state index in [9.17, 15) is 4.79 Å². The number of rotatable bonds is 4. The summed E-state index contributed by atoms with van der Waals surface area (Å²) in [5, 5.41) is 3.26. The molecular formula is C15H12BrN3O2S. The number of nitrogens with zero attached hydrogens (tertiary/aromatic N) is 2. The van der Waals surface area contributed by atoms with Gasteiger partial charge in [0, 0.05) is 15.9 Å². The van der Waals surface area contributed by atoms with E-state index in [2.05, 4.69) is 31.2 Å². The number of thioether (sulfide) groups is 1. The number of halogens is 1. The Kier molecular flexibility index (Phi) is 4.44. The fraction of sp³-hybridized carbons (Fsp3) is 0.133. The number of benzene rings is 1. The Labute approximate surface area is 139 Å². The number of oxazole rings is 1. The number of hydrogen-bond acceptors (Lipinski definition) is 5. The van der Waals surface area contributed by atoms with Crippen molar-refractivity contribution in [2.45, 2.75) is 12.1 Å². The van der Waals surface area contributed by atoms with Gasteiger partial charge in [-0.05, 0) is 43.3 Å². The molecule has 2 aromatic heterocycles. The van der Waals surface area contributed by atoms with Crippen LogP contribution in [0.5, 0.6) is 0 Å². The second-order valence-electron chi connectivity index (χ2n) is 4.60. The van der Waals surface area contributed by atoms with Crippen molar-refractivity contribution in [3.63, 3.8) is 0 Å². The average Bonchev–Trinajstić information content (AvgIpc) is 2.89. The summed E-state index contributed by atoms with van der Waals surface area (Å²) in [7, 11) is 0. The Hall–Kier alpha value is -1.86. The summed E-state index contributed by atoms with van der Waals surface area (Å²) in [6.07, 6.45) is 0. The molecule has 0 saturated carbocycles. The number of aromatic nitrogens is 2. The van der Waals surface area contributed by atoms with Gasteiger partial charge in [-0.1, -0.05) is 27.7 Å². The Bertz CT molecular complexity index is 817. The van der Waals surface area contributed by atoms with Gasteiger partial charge in [0.05, 0.1) is 5.75 Å². The van der Waals surface area contributed by atoms with E-state index in [1.807, 2.05) is 43.3 Å². The number of anilines is 1. The predicted molar refractivity (Wildman–Crippen MR) is 90.0 cm³/mol. The first-order valence-corrected chi connectivity index (χ1v) is 8.30. The molecule has 7 heteroatoms. The minimum atomic E-state index is -0.112. The molecule has 0 aliphatic carbocycles. The molecule has 0 aliphatic rings. The first-order chi connectivity index (χ1) is 10.6. The number of carbonyl (C=O) groups excluding carboxylic acids is 1. The zero-order valence-corrected chi connectivity index (χ0v) is 14.1. The number of amides is 1. The number of fused-ring (bicyclic) bond motifs is 1. The molecule has 0 radical (unpaired) electrons. The summed E-state index contributed by atoms with van der Waals surface area (Å²) >= 11 is 4.59. The van der Waals surface area contributed by atoms with Gasteiger partial charge >= 0.3 is 0 Å². The minimum absolute atomic E-state index is 0.112. The standard InChI is InChI=1S/C15H12BrN3O2S/c1-9-2-7-12-14(17-9)19-15(21-12)22-8-13(20)18-11-5-3-10(16)4-6-11/h2-7H,8H2,1H3,(H,18,20). The molecule has 3 aromatic rings. The van der Waals surface area contributed by atoms with E-state index in [0.29, 0.717) is 16.5 Å². The number of carbonyl (C=O) groups is 1. The van der Waals surface area contributed by atoms with E-state index in [-0.39, 0.29) is 11.7 Å². The van der Waals surface area contributed by atoms with Crippen LogP contribution in [0.3, 0.4) is 0 Å². The molecule has 0 bridgehead atoms. The summed E-state index contributed by atoms with van der Waals surface area (Å²) in [5.74, 6) is 0.112. The van der Waals surface area contributed by atoms with Crippen LogP contribution in [0.4, 0.5) is 5.69 Å². The van der Waals surface area contributed by atoms with Crippen molar-refractivity contribution in [1.82, 2.24) is 9.97 Å². The quantitative estimate of drug-likeness (QED) is 0.695. The summed E-state index contributed by atoms with van der Waals surface area (Å²) < 4.78 is 6.51. The molecule has 0 fully saturated rings. The van der Waals surface area contributed by atoms with E-state index in [1.54, 1.807) is 0 Å². The third-order valence-electron chi connectivity index (χ3n) is 2.83. The Morgan fingerprint density at radius 2 is 2.00 bits per heavy atom. The van der Waals surface area contributed by atoms with Crippen molar-refractivity contribution >= 4 is 50.5 Å². The molecule has 5 nitrogen and oxygen atoms in total. The highest BCUT2D eigenvalue weighted by molar-refractivity contribution is 9.10. The van der Waals surface area contributed by atoms with Crippen LogP contribution >= 0.6 is 27.7 Å². The van der Waals surface area contributed by atoms with Gasteiger partial charge in [-0.25, -0.2) is 4.98 Å². The lowest BCUT2D eigenvalue weighted by Crippen LogP contribution is -2.13. The van der Waals surface area contributed by atoms with Crippen molar-refractivity contribution in [3.8, 4) is 0 Å². The molecule has 1 amide bonds. The van der Waals surface area contributed by atoms with Crippen LogP contribution in [0.2, 0.25) is 0 Å². The monoisotopic (exact) mass is 377 g/mol. The number of aryl methyl sites for hydroxylation is 1. The molecule has 112 valence electrons. The SMILES string of the molecule is Cc1ccc2oc(SCC(=O)Nc3ccc(Br)cc3)nc2n1. The Morgan fingerprint density at radius 3 is 2.77 bits per heavy atom. The van der Waals surface area contributed by atoms with E-state index in [0.717, 1.165) is 15.9 Å². The van der Waals surface area contributed by atoms with Crippen molar-refractivity contribution in [2.24, 2.45) is 0 Å². The Balaban J connectivity index is 1.61. The van der Waals surface area contributed by atoms with E-state index in [1.165, 1.54) is 11.8 Å². The second-order valence-corrected chi connectivity index (χ2v) is 6.44. The number of pyridine rings is 1. The molecule has 0 aliphatic heterocycles. The molecular weight excluding hydrogens is 366 g/mol. The molecule has 0 unspecified atom stereocenters. The maximum atomic E-state index is 11.9. The lowest BCUT2D eigenvalue weighted by atomic mass is 10.3. The van der Waals surface area contributed by atoms with Crippen LogP contribution in [-0.2, 0) is 4.79 Å². The zero-order valence-electron chi connectivity index (χ0n) is 11.7. The molecule has 0 spiro atoms. The van der Waals surface area contributed by atoms with E-state index < -0.39 is 0 Å². The van der Waals surface area contributed by atoms with Crippen LogP contribution in [0.1, 0.15) is 5.69 Å². The highest BCUT2D eigenvalue weighted by Crippen LogP contribution is 2.23. The predicted octanol–water partition coefficient (Wildman–Crippen LogP) is 4.02. The Morgan fingerprint density at radius 1 is 1.23 bits per heavy atom. The normalized spacial score (nSPS) is 10.8. The fourth-order valence-corrected chi connectivity index (χ4v) is 2.70. The fourth-order valence-electron chi connectivity index (χ4n) is 1.81. The van der Waals surface area contributed by atoms with Crippen molar-refractivity contribution in [3.05, 3.63) is 46.6 Å². The summed E-state index contributed by atoms with van der Waals surface area (Å²) in [4.78, 5) is 20.5. The lowest BCUT2D eigenvalue weighted by Gasteiger charge is -2.03. The van der Waals surface area contributed by atoms with Crippen LogP contribution < -0.4 is 5.32 Å². The first-order valence-electron chi connectivity index (χ1n) is 6.52. The highest BCUT2D eigenvalue weighted by atomic mass is 79.9. The molecule has 1 aromatic carbocycles. The van der Waals surface area contributed by atoms with Crippen LogP contribution in [0.25, 0.3) is 11.2 Å². The van der Waals surface area contributed by atoms with E-state index in [4.69, 9.17) is 4.42 Å².